The highest BCUT2D eigenvalue weighted by atomic mass is 19.4. The van der Waals surface area contributed by atoms with Crippen molar-refractivity contribution in [1.82, 2.24) is 0 Å². The van der Waals surface area contributed by atoms with Crippen molar-refractivity contribution in [2.24, 2.45) is 11.1 Å². The molecule has 29 heavy (non-hydrogen) atoms. The number of nitroso groups, excluding NO2 is 1. The number of nitro groups is 1. The second-order valence-corrected chi connectivity index (χ2v) is 6.37. The fourth-order valence-corrected chi connectivity index (χ4v) is 2.63. The Hall–Kier alpha value is -3.50. The number of nitro benzene ring substituents is 1. The highest BCUT2D eigenvalue weighted by Gasteiger charge is 2.38. The summed E-state index contributed by atoms with van der Waals surface area (Å²) in [7, 11) is 1.71. The van der Waals surface area contributed by atoms with E-state index in [1.807, 2.05) is 0 Å². The van der Waals surface area contributed by atoms with Crippen LogP contribution < -0.4 is 10.2 Å². The number of carbonyl (C=O) groups excluding carboxylic acids is 1. The molecule has 1 amide bonds. The van der Waals surface area contributed by atoms with Crippen LogP contribution in [0.15, 0.2) is 47.6 Å². The molecule has 0 heterocycles. The maximum atomic E-state index is 13.0. The molecule has 2 aromatic rings. The van der Waals surface area contributed by atoms with Crippen molar-refractivity contribution in [3.05, 3.63) is 63.0 Å². The maximum Gasteiger partial charge on any atom is 0.423 e. The summed E-state index contributed by atoms with van der Waals surface area (Å²) in [5.74, 6) is -1.17. The van der Waals surface area contributed by atoms with Gasteiger partial charge in [-0.1, -0.05) is 6.92 Å². The van der Waals surface area contributed by atoms with Crippen molar-refractivity contribution >= 4 is 28.7 Å². The third-order valence-corrected chi connectivity index (χ3v) is 4.16. The van der Waals surface area contributed by atoms with Gasteiger partial charge in [0.1, 0.15) is 11.3 Å². The second-order valence-electron chi connectivity index (χ2n) is 6.37. The summed E-state index contributed by atoms with van der Waals surface area (Å²) in [6.45, 7) is 1.82. The summed E-state index contributed by atoms with van der Waals surface area (Å²) in [5.41, 5.74) is -1.74. The van der Waals surface area contributed by atoms with Crippen LogP contribution in [0.1, 0.15) is 12.5 Å². The molecule has 0 fully saturated rings. The smallest absolute Gasteiger partial charge is 0.374 e. The largest absolute Gasteiger partial charge is 0.423 e. The van der Waals surface area contributed by atoms with E-state index < -0.39 is 34.2 Å². The number of benzene rings is 2. The monoisotopic (exact) mass is 410 g/mol. The summed E-state index contributed by atoms with van der Waals surface area (Å²) in [6, 6.07) is 8.61. The predicted octanol–water partition coefficient (Wildman–Crippen LogP) is 4.72. The highest BCUT2D eigenvalue weighted by molar-refractivity contribution is 5.93. The van der Waals surface area contributed by atoms with Crippen LogP contribution in [0.25, 0.3) is 0 Å². The van der Waals surface area contributed by atoms with Gasteiger partial charge in [-0.2, -0.15) is 13.2 Å². The Morgan fingerprint density at radius 1 is 1.24 bits per heavy atom. The maximum absolute atomic E-state index is 13.0. The molecule has 0 aromatic heterocycles. The van der Waals surface area contributed by atoms with Gasteiger partial charge < -0.3 is 10.2 Å². The molecular formula is C18H17F3N4O4. The fraction of sp³-hybridized carbons (Fsp3) is 0.278. The lowest BCUT2D eigenvalue weighted by Crippen LogP contribution is -2.32. The predicted molar refractivity (Wildman–Crippen MR) is 101 cm³/mol. The van der Waals surface area contributed by atoms with Crippen molar-refractivity contribution in [1.29, 1.82) is 0 Å². The first-order valence-electron chi connectivity index (χ1n) is 8.34. The average Bonchev–Trinajstić information content (AvgIpc) is 2.67. The first-order chi connectivity index (χ1) is 13.5. The Bertz CT molecular complexity index is 916. The zero-order valence-corrected chi connectivity index (χ0v) is 15.4. The van der Waals surface area contributed by atoms with E-state index in [1.165, 1.54) is 12.1 Å². The van der Waals surface area contributed by atoms with Crippen LogP contribution in [0.5, 0.6) is 0 Å². The van der Waals surface area contributed by atoms with Crippen molar-refractivity contribution in [3.63, 3.8) is 0 Å². The summed E-state index contributed by atoms with van der Waals surface area (Å²) >= 11 is 0. The molecule has 2 rings (SSSR count). The molecule has 1 unspecified atom stereocenters. The zero-order chi connectivity index (χ0) is 21.8. The number of anilines is 2. The summed E-state index contributed by atoms with van der Waals surface area (Å²) in [4.78, 5) is 34.2. The first kappa shape index (κ1) is 21.8. The summed E-state index contributed by atoms with van der Waals surface area (Å²) in [6.07, 6.45) is -4.93. The zero-order valence-electron chi connectivity index (χ0n) is 15.4. The van der Waals surface area contributed by atoms with E-state index >= 15 is 0 Å². The van der Waals surface area contributed by atoms with Gasteiger partial charge in [0.15, 0.2) is 0 Å². The molecule has 0 radical (unpaired) electrons. The standard InChI is InChI=1S/C18H17F3N4O4/c1-11(10-24(2)14-6-3-12(23-27)4-7-14)17(26)22-13-5-8-16(25(28)29)15(9-13)18(19,20)21/h3-9,11H,10H2,1-2H3,(H,22,26). The number of halogens is 3. The van der Waals surface area contributed by atoms with E-state index in [1.54, 1.807) is 31.0 Å². The molecule has 0 aliphatic heterocycles. The van der Waals surface area contributed by atoms with E-state index in [0.29, 0.717) is 17.8 Å². The van der Waals surface area contributed by atoms with E-state index in [4.69, 9.17) is 0 Å². The van der Waals surface area contributed by atoms with Crippen molar-refractivity contribution in [2.45, 2.75) is 13.1 Å². The summed E-state index contributed by atoms with van der Waals surface area (Å²) < 4.78 is 39.1. The van der Waals surface area contributed by atoms with Crippen LogP contribution >= 0.6 is 0 Å². The average molecular weight is 410 g/mol. The number of nitrogens with one attached hydrogen (secondary N) is 1. The number of alkyl halides is 3. The van der Waals surface area contributed by atoms with Crippen LogP contribution in [0.2, 0.25) is 0 Å². The molecule has 0 saturated heterocycles. The molecule has 11 heteroatoms. The number of hydrogen-bond donors (Lipinski definition) is 1. The molecule has 0 aliphatic rings. The van der Waals surface area contributed by atoms with Gasteiger partial charge in [0, 0.05) is 31.0 Å². The normalized spacial score (nSPS) is 12.2. The number of nitrogens with zero attached hydrogens (tertiary/aromatic N) is 3. The molecule has 1 atom stereocenters. The number of carbonyl (C=O) groups is 1. The van der Waals surface area contributed by atoms with Crippen LogP contribution in [-0.4, -0.2) is 24.4 Å². The first-order valence-corrected chi connectivity index (χ1v) is 8.34. The molecule has 154 valence electrons. The van der Waals surface area contributed by atoms with E-state index in [9.17, 15) is 33.0 Å². The minimum absolute atomic E-state index is 0.191. The Labute approximate surface area is 163 Å². The summed E-state index contributed by atoms with van der Waals surface area (Å²) in [5, 5.41) is 15.9. The molecule has 2 aromatic carbocycles. The Kier molecular flexibility index (Phi) is 6.52. The molecular weight excluding hydrogens is 393 g/mol. The van der Waals surface area contributed by atoms with Crippen molar-refractivity contribution < 1.29 is 22.9 Å². The Morgan fingerprint density at radius 2 is 1.86 bits per heavy atom. The van der Waals surface area contributed by atoms with Crippen LogP contribution in [0, 0.1) is 20.9 Å². The minimum atomic E-state index is -4.93. The van der Waals surface area contributed by atoms with Crippen molar-refractivity contribution in [3.8, 4) is 0 Å². The fourth-order valence-electron chi connectivity index (χ4n) is 2.63. The van der Waals surface area contributed by atoms with Crippen molar-refractivity contribution in [2.75, 3.05) is 23.8 Å². The molecule has 0 spiro atoms. The van der Waals surface area contributed by atoms with Gasteiger partial charge in [-0.25, -0.2) is 0 Å². The van der Waals surface area contributed by atoms with Crippen LogP contribution in [0.4, 0.5) is 35.9 Å². The van der Waals surface area contributed by atoms with Gasteiger partial charge in [0.25, 0.3) is 5.69 Å². The molecule has 0 bridgehead atoms. The number of hydrogen-bond acceptors (Lipinski definition) is 6. The number of rotatable bonds is 7. The van der Waals surface area contributed by atoms with Gasteiger partial charge >= 0.3 is 6.18 Å². The minimum Gasteiger partial charge on any atom is -0.374 e. The van der Waals surface area contributed by atoms with Gasteiger partial charge in [0.2, 0.25) is 5.91 Å². The molecule has 1 N–H and O–H groups in total. The van der Waals surface area contributed by atoms with Gasteiger partial charge in [-0.05, 0) is 41.6 Å². The number of amides is 1. The van der Waals surface area contributed by atoms with Crippen LogP contribution in [-0.2, 0) is 11.0 Å². The third-order valence-electron chi connectivity index (χ3n) is 4.16. The SMILES string of the molecule is CC(CN(C)c1ccc(N=O)cc1)C(=O)Nc1ccc([N+](=O)[O-])c(C(F)(F)F)c1. The topological polar surface area (TPSA) is 105 Å². The second kappa shape index (κ2) is 8.67. The quantitative estimate of drug-likeness (QED) is 0.404. The van der Waals surface area contributed by atoms with Gasteiger partial charge in [-0.3, -0.25) is 14.9 Å². The van der Waals surface area contributed by atoms with Gasteiger partial charge in [-0.15, -0.1) is 4.91 Å². The Balaban J connectivity index is 2.10. The third kappa shape index (κ3) is 5.50. The lowest BCUT2D eigenvalue weighted by atomic mass is 10.1. The lowest BCUT2D eigenvalue weighted by Gasteiger charge is -2.23. The lowest BCUT2D eigenvalue weighted by molar-refractivity contribution is -0.388. The highest BCUT2D eigenvalue weighted by Crippen LogP contribution is 2.37. The molecule has 0 aliphatic carbocycles. The van der Waals surface area contributed by atoms with E-state index in [0.717, 1.165) is 6.07 Å². The van der Waals surface area contributed by atoms with Gasteiger partial charge in [0.05, 0.1) is 10.8 Å². The van der Waals surface area contributed by atoms with Crippen LogP contribution in [0.3, 0.4) is 0 Å². The Morgan fingerprint density at radius 3 is 2.38 bits per heavy atom. The van der Waals surface area contributed by atoms with E-state index in [-0.39, 0.29) is 17.9 Å². The molecule has 8 nitrogen and oxygen atoms in total. The van der Waals surface area contributed by atoms with E-state index in [2.05, 4.69) is 10.5 Å². The molecule has 0 saturated carbocycles.